The van der Waals surface area contributed by atoms with E-state index in [1.807, 2.05) is 43.0 Å². The normalized spacial score (nSPS) is 18.3. The second-order valence-electron chi connectivity index (χ2n) is 5.62. The molecule has 1 aromatic rings. The topological polar surface area (TPSA) is 55.6 Å². The molecule has 4 heteroatoms. The summed E-state index contributed by atoms with van der Waals surface area (Å²) < 4.78 is 5.61. The number of anilines is 1. The van der Waals surface area contributed by atoms with Crippen molar-refractivity contribution in [1.29, 1.82) is 0 Å². The molecule has 1 aliphatic heterocycles. The average Bonchev–Trinajstić information content (AvgIpc) is 2.36. The zero-order valence-corrected chi connectivity index (χ0v) is 11.7. The largest absolute Gasteiger partial charge is 0.399 e. The fourth-order valence-electron chi connectivity index (χ4n) is 2.39. The van der Waals surface area contributed by atoms with E-state index in [2.05, 4.69) is 0 Å². The van der Waals surface area contributed by atoms with E-state index < -0.39 is 0 Å². The standard InChI is InChI=1S/C15H22N2O2/c1-15(2)11-17(9-10-19-15)14(18)8-7-12-5-3-4-6-13(12)16/h3-6H,7-11,16H2,1-2H3. The van der Waals surface area contributed by atoms with Crippen LogP contribution in [0, 0.1) is 0 Å². The van der Waals surface area contributed by atoms with Gasteiger partial charge in [0, 0.05) is 25.2 Å². The number of ether oxygens (including phenoxy) is 1. The van der Waals surface area contributed by atoms with E-state index >= 15 is 0 Å². The summed E-state index contributed by atoms with van der Waals surface area (Å²) in [6, 6.07) is 7.71. The highest BCUT2D eigenvalue weighted by atomic mass is 16.5. The number of aryl methyl sites for hydroxylation is 1. The van der Waals surface area contributed by atoms with Crippen molar-refractivity contribution >= 4 is 11.6 Å². The first kappa shape index (κ1) is 13.9. The van der Waals surface area contributed by atoms with Gasteiger partial charge >= 0.3 is 0 Å². The van der Waals surface area contributed by atoms with Crippen LogP contribution in [0.1, 0.15) is 25.8 Å². The van der Waals surface area contributed by atoms with Gasteiger partial charge in [-0.15, -0.1) is 0 Å². The number of rotatable bonds is 3. The third-order valence-electron chi connectivity index (χ3n) is 3.44. The molecule has 1 amide bonds. The Balaban J connectivity index is 1.90. The second kappa shape index (κ2) is 5.61. The molecule has 1 aromatic carbocycles. The molecule has 19 heavy (non-hydrogen) atoms. The van der Waals surface area contributed by atoms with Crippen LogP contribution in [0.15, 0.2) is 24.3 Å². The summed E-state index contributed by atoms with van der Waals surface area (Å²) in [5.41, 5.74) is 7.45. The molecule has 1 heterocycles. The minimum atomic E-state index is -0.236. The molecule has 1 fully saturated rings. The van der Waals surface area contributed by atoms with Crippen LogP contribution >= 0.6 is 0 Å². The summed E-state index contributed by atoms with van der Waals surface area (Å²) >= 11 is 0. The van der Waals surface area contributed by atoms with Crippen LogP contribution in [0.4, 0.5) is 5.69 Å². The Bertz CT molecular complexity index is 457. The molecule has 0 unspecified atom stereocenters. The highest BCUT2D eigenvalue weighted by molar-refractivity contribution is 5.77. The van der Waals surface area contributed by atoms with Gasteiger partial charge in [-0.2, -0.15) is 0 Å². The SMILES string of the molecule is CC1(C)CN(C(=O)CCc2ccccc2N)CCO1. The Labute approximate surface area is 114 Å². The molecule has 104 valence electrons. The predicted octanol–water partition coefficient (Wildman–Crippen LogP) is 1.84. The summed E-state index contributed by atoms with van der Waals surface area (Å²) in [5.74, 6) is 0.180. The molecule has 0 bridgehead atoms. The van der Waals surface area contributed by atoms with Crippen molar-refractivity contribution in [3.05, 3.63) is 29.8 Å². The smallest absolute Gasteiger partial charge is 0.223 e. The molecule has 0 saturated carbocycles. The van der Waals surface area contributed by atoms with E-state index in [9.17, 15) is 4.79 Å². The number of hydrogen-bond donors (Lipinski definition) is 1. The maximum Gasteiger partial charge on any atom is 0.223 e. The Morgan fingerprint density at radius 3 is 2.84 bits per heavy atom. The fraction of sp³-hybridized carbons (Fsp3) is 0.533. The zero-order chi connectivity index (χ0) is 13.9. The van der Waals surface area contributed by atoms with Crippen LogP contribution < -0.4 is 5.73 Å². The molecule has 0 radical (unpaired) electrons. The van der Waals surface area contributed by atoms with E-state index in [-0.39, 0.29) is 11.5 Å². The van der Waals surface area contributed by atoms with Gasteiger partial charge in [-0.3, -0.25) is 4.79 Å². The third kappa shape index (κ3) is 3.70. The van der Waals surface area contributed by atoms with Crippen molar-refractivity contribution in [3.8, 4) is 0 Å². The molecule has 2 rings (SSSR count). The van der Waals surface area contributed by atoms with Gasteiger partial charge in [-0.05, 0) is 31.9 Å². The van der Waals surface area contributed by atoms with Gasteiger partial charge in [0.05, 0.1) is 12.2 Å². The van der Waals surface area contributed by atoms with E-state index in [1.165, 1.54) is 0 Å². The van der Waals surface area contributed by atoms with E-state index in [0.29, 0.717) is 32.5 Å². The van der Waals surface area contributed by atoms with Crippen molar-refractivity contribution < 1.29 is 9.53 Å². The Morgan fingerprint density at radius 2 is 2.16 bits per heavy atom. The fourth-order valence-corrected chi connectivity index (χ4v) is 2.39. The van der Waals surface area contributed by atoms with Crippen LogP contribution in [0.3, 0.4) is 0 Å². The quantitative estimate of drug-likeness (QED) is 0.846. The van der Waals surface area contributed by atoms with Gasteiger partial charge in [0.25, 0.3) is 0 Å². The number of nitrogens with two attached hydrogens (primary N) is 1. The first-order chi connectivity index (χ1) is 8.98. The third-order valence-corrected chi connectivity index (χ3v) is 3.44. The van der Waals surface area contributed by atoms with Crippen LogP contribution in [-0.2, 0) is 16.0 Å². The summed E-state index contributed by atoms with van der Waals surface area (Å²) in [5, 5.41) is 0. The number of carbonyl (C=O) groups is 1. The molecule has 4 nitrogen and oxygen atoms in total. The number of carbonyl (C=O) groups excluding carboxylic acids is 1. The molecule has 0 aliphatic carbocycles. The Kier molecular flexibility index (Phi) is 4.10. The number of amides is 1. The predicted molar refractivity (Wildman–Crippen MR) is 75.8 cm³/mol. The van der Waals surface area contributed by atoms with Crippen molar-refractivity contribution in [2.45, 2.75) is 32.3 Å². The van der Waals surface area contributed by atoms with Gasteiger partial charge < -0.3 is 15.4 Å². The number of hydrogen-bond acceptors (Lipinski definition) is 3. The number of para-hydroxylation sites is 1. The molecule has 1 aliphatic rings. The first-order valence-electron chi connectivity index (χ1n) is 6.73. The molecule has 0 spiro atoms. The maximum absolute atomic E-state index is 12.2. The molecular weight excluding hydrogens is 240 g/mol. The van der Waals surface area contributed by atoms with Gasteiger partial charge in [-0.1, -0.05) is 18.2 Å². The molecule has 1 saturated heterocycles. The maximum atomic E-state index is 12.2. The van der Waals surface area contributed by atoms with Crippen LogP contribution in [0.5, 0.6) is 0 Å². The number of morpholine rings is 1. The van der Waals surface area contributed by atoms with E-state index in [1.54, 1.807) is 0 Å². The lowest BCUT2D eigenvalue weighted by atomic mass is 10.0. The lowest BCUT2D eigenvalue weighted by Gasteiger charge is -2.38. The molecule has 0 atom stereocenters. The first-order valence-corrected chi connectivity index (χ1v) is 6.73. The van der Waals surface area contributed by atoms with Crippen molar-refractivity contribution in [2.75, 3.05) is 25.4 Å². The van der Waals surface area contributed by atoms with Gasteiger partial charge in [0.1, 0.15) is 0 Å². The summed E-state index contributed by atoms with van der Waals surface area (Å²) in [7, 11) is 0. The zero-order valence-electron chi connectivity index (χ0n) is 11.7. The number of benzene rings is 1. The van der Waals surface area contributed by atoms with Crippen molar-refractivity contribution in [2.24, 2.45) is 0 Å². The second-order valence-corrected chi connectivity index (χ2v) is 5.62. The Morgan fingerprint density at radius 1 is 1.42 bits per heavy atom. The molecular formula is C15H22N2O2. The molecule has 2 N–H and O–H groups in total. The minimum Gasteiger partial charge on any atom is -0.399 e. The monoisotopic (exact) mass is 262 g/mol. The van der Waals surface area contributed by atoms with Crippen LogP contribution in [-0.4, -0.2) is 36.1 Å². The summed E-state index contributed by atoms with van der Waals surface area (Å²) in [6.07, 6.45) is 1.20. The summed E-state index contributed by atoms with van der Waals surface area (Å²) in [6.45, 7) is 6.00. The van der Waals surface area contributed by atoms with Gasteiger partial charge in [0.2, 0.25) is 5.91 Å². The van der Waals surface area contributed by atoms with Crippen LogP contribution in [0.25, 0.3) is 0 Å². The number of nitrogens with zero attached hydrogens (tertiary/aromatic N) is 1. The molecule has 0 aromatic heterocycles. The van der Waals surface area contributed by atoms with Crippen molar-refractivity contribution in [3.63, 3.8) is 0 Å². The van der Waals surface area contributed by atoms with Gasteiger partial charge in [-0.25, -0.2) is 0 Å². The Hall–Kier alpha value is -1.55. The highest BCUT2D eigenvalue weighted by Gasteiger charge is 2.29. The van der Waals surface area contributed by atoms with E-state index in [4.69, 9.17) is 10.5 Å². The number of nitrogen functional groups attached to an aromatic ring is 1. The lowest BCUT2D eigenvalue weighted by molar-refractivity contribution is -0.145. The van der Waals surface area contributed by atoms with E-state index in [0.717, 1.165) is 11.3 Å². The average molecular weight is 262 g/mol. The van der Waals surface area contributed by atoms with Crippen LogP contribution in [0.2, 0.25) is 0 Å². The lowest BCUT2D eigenvalue weighted by Crippen LogP contribution is -2.50. The van der Waals surface area contributed by atoms with Crippen molar-refractivity contribution in [1.82, 2.24) is 4.90 Å². The van der Waals surface area contributed by atoms with Gasteiger partial charge in [0.15, 0.2) is 0 Å². The summed E-state index contributed by atoms with van der Waals surface area (Å²) in [4.78, 5) is 14.1. The minimum absolute atomic E-state index is 0.180. The highest BCUT2D eigenvalue weighted by Crippen LogP contribution is 2.18.